The molecule has 2 rings (SSSR count). The van der Waals surface area contributed by atoms with E-state index in [1.807, 2.05) is 6.08 Å². The molecule has 0 radical (unpaired) electrons. The second-order valence-electron chi connectivity index (χ2n) is 8.42. The molecule has 0 N–H and O–H groups in total. The topological polar surface area (TPSA) is 23.8 Å². The van der Waals surface area contributed by atoms with Crippen molar-refractivity contribution in [3.05, 3.63) is 12.7 Å². The molecular formula is C22H37N. The summed E-state index contributed by atoms with van der Waals surface area (Å²) in [5, 5.41) is 9.78. The third-order valence-electron chi connectivity index (χ3n) is 6.77. The molecule has 0 atom stereocenters. The van der Waals surface area contributed by atoms with Crippen molar-refractivity contribution in [3.8, 4) is 6.07 Å². The minimum absolute atomic E-state index is 0.0188. The molecule has 23 heavy (non-hydrogen) atoms. The number of nitriles is 1. The molecular weight excluding hydrogens is 278 g/mol. The summed E-state index contributed by atoms with van der Waals surface area (Å²) in [6.07, 6.45) is 20.3. The first kappa shape index (κ1) is 18.6. The number of allylic oxidation sites excluding steroid dienone is 1. The number of nitrogens with zero attached hydrogens (tertiary/aromatic N) is 1. The fourth-order valence-corrected chi connectivity index (χ4v) is 4.99. The highest BCUT2D eigenvalue weighted by Crippen LogP contribution is 2.45. The third kappa shape index (κ3) is 5.66. The molecule has 0 unspecified atom stereocenters. The van der Waals surface area contributed by atoms with Gasteiger partial charge in [-0.15, -0.1) is 6.58 Å². The Labute approximate surface area is 144 Å². The van der Waals surface area contributed by atoms with Gasteiger partial charge in [-0.05, 0) is 69.1 Å². The summed E-state index contributed by atoms with van der Waals surface area (Å²) < 4.78 is 0. The summed E-state index contributed by atoms with van der Waals surface area (Å²) in [6, 6.07) is 2.74. The summed E-state index contributed by atoms with van der Waals surface area (Å²) in [4.78, 5) is 0. The van der Waals surface area contributed by atoms with Crippen molar-refractivity contribution in [2.45, 2.75) is 96.8 Å². The van der Waals surface area contributed by atoms with Crippen molar-refractivity contribution >= 4 is 0 Å². The van der Waals surface area contributed by atoms with Gasteiger partial charge >= 0.3 is 0 Å². The molecule has 0 spiro atoms. The summed E-state index contributed by atoms with van der Waals surface area (Å²) in [6.45, 7) is 6.15. The van der Waals surface area contributed by atoms with E-state index in [0.717, 1.165) is 37.0 Å². The standard InChI is InChI=1S/C22H37N/c1-3-5-7-20-12-15-22(18-23,16-13-20)17-14-21-10-8-19(6-4-2)9-11-21/h3,19-21H,1,4-17H2,2H3/t19-,20-,21-,22-. The Morgan fingerprint density at radius 2 is 1.52 bits per heavy atom. The first-order valence-electron chi connectivity index (χ1n) is 10.2. The highest BCUT2D eigenvalue weighted by atomic mass is 14.4. The maximum atomic E-state index is 9.78. The van der Waals surface area contributed by atoms with E-state index in [0.29, 0.717) is 0 Å². The SMILES string of the molecule is C=CCC[C@H]1CC[C@@](C#N)(CC[C@H]2CC[C@H](CCC)CC2)CC1. The van der Waals surface area contributed by atoms with E-state index in [2.05, 4.69) is 19.6 Å². The molecule has 1 heteroatoms. The Morgan fingerprint density at radius 3 is 2.04 bits per heavy atom. The van der Waals surface area contributed by atoms with Crippen LogP contribution in [0.25, 0.3) is 0 Å². The van der Waals surface area contributed by atoms with E-state index < -0.39 is 0 Å². The molecule has 0 amide bonds. The first-order valence-corrected chi connectivity index (χ1v) is 10.2. The molecule has 130 valence electrons. The summed E-state index contributed by atoms with van der Waals surface area (Å²) in [7, 11) is 0. The molecule has 2 aliphatic rings. The van der Waals surface area contributed by atoms with E-state index in [4.69, 9.17) is 0 Å². The lowest BCUT2D eigenvalue weighted by atomic mass is 9.66. The van der Waals surface area contributed by atoms with Gasteiger partial charge in [-0.2, -0.15) is 5.26 Å². The lowest BCUT2D eigenvalue weighted by Crippen LogP contribution is -2.27. The fraction of sp³-hybridized carbons (Fsp3) is 0.864. The van der Waals surface area contributed by atoms with Crippen LogP contribution < -0.4 is 0 Å². The second-order valence-corrected chi connectivity index (χ2v) is 8.42. The van der Waals surface area contributed by atoms with E-state index in [9.17, 15) is 5.26 Å². The zero-order chi connectivity index (χ0) is 16.5. The Bertz CT molecular complexity index is 375. The monoisotopic (exact) mass is 315 g/mol. The van der Waals surface area contributed by atoms with Crippen molar-refractivity contribution in [1.82, 2.24) is 0 Å². The van der Waals surface area contributed by atoms with Crippen molar-refractivity contribution in [2.75, 3.05) is 0 Å². The molecule has 0 bridgehead atoms. The van der Waals surface area contributed by atoms with Gasteiger partial charge in [0.1, 0.15) is 0 Å². The Hall–Kier alpha value is -0.770. The van der Waals surface area contributed by atoms with Crippen LogP contribution in [0, 0.1) is 34.5 Å². The molecule has 2 fully saturated rings. The molecule has 0 saturated heterocycles. The van der Waals surface area contributed by atoms with Crippen LogP contribution in [-0.4, -0.2) is 0 Å². The van der Waals surface area contributed by atoms with Crippen LogP contribution in [0.2, 0.25) is 0 Å². The van der Waals surface area contributed by atoms with Gasteiger partial charge in [0.05, 0.1) is 11.5 Å². The summed E-state index contributed by atoms with van der Waals surface area (Å²) in [5.74, 6) is 2.76. The van der Waals surface area contributed by atoms with E-state index >= 15 is 0 Å². The van der Waals surface area contributed by atoms with Gasteiger partial charge in [0.15, 0.2) is 0 Å². The van der Waals surface area contributed by atoms with Crippen LogP contribution in [0.1, 0.15) is 96.8 Å². The largest absolute Gasteiger partial charge is 0.198 e. The van der Waals surface area contributed by atoms with Crippen LogP contribution in [0.5, 0.6) is 0 Å². The molecule has 1 nitrogen and oxygen atoms in total. The molecule has 0 aliphatic heterocycles. The zero-order valence-corrected chi connectivity index (χ0v) is 15.4. The molecule has 0 heterocycles. The lowest BCUT2D eigenvalue weighted by Gasteiger charge is -2.37. The van der Waals surface area contributed by atoms with Crippen molar-refractivity contribution in [1.29, 1.82) is 5.26 Å². The van der Waals surface area contributed by atoms with Gasteiger partial charge in [-0.3, -0.25) is 0 Å². The Morgan fingerprint density at radius 1 is 0.957 bits per heavy atom. The lowest BCUT2D eigenvalue weighted by molar-refractivity contribution is 0.165. The maximum absolute atomic E-state index is 9.78. The van der Waals surface area contributed by atoms with E-state index in [1.165, 1.54) is 70.6 Å². The van der Waals surface area contributed by atoms with Gasteiger partial charge in [0, 0.05) is 0 Å². The Balaban J connectivity index is 1.71. The van der Waals surface area contributed by atoms with Gasteiger partial charge < -0.3 is 0 Å². The van der Waals surface area contributed by atoms with Crippen LogP contribution in [-0.2, 0) is 0 Å². The second kappa shape index (κ2) is 9.51. The third-order valence-corrected chi connectivity index (χ3v) is 6.77. The van der Waals surface area contributed by atoms with Crippen LogP contribution >= 0.6 is 0 Å². The van der Waals surface area contributed by atoms with Crippen LogP contribution in [0.15, 0.2) is 12.7 Å². The minimum atomic E-state index is 0.0188. The van der Waals surface area contributed by atoms with Crippen molar-refractivity contribution in [3.63, 3.8) is 0 Å². The first-order chi connectivity index (χ1) is 11.2. The molecule has 0 aromatic carbocycles. The van der Waals surface area contributed by atoms with E-state index in [1.54, 1.807) is 0 Å². The van der Waals surface area contributed by atoms with Gasteiger partial charge in [0.25, 0.3) is 0 Å². The molecule has 0 aromatic heterocycles. The van der Waals surface area contributed by atoms with Crippen molar-refractivity contribution < 1.29 is 0 Å². The smallest absolute Gasteiger partial charge is 0.0689 e. The van der Waals surface area contributed by atoms with Gasteiger partial charge in [-0.1, -0.05) is 51.5 Å². The predicted molar refractivity (Wildman–Crippen MR) is 99.0 cm³/mol. The highest BCUT2D eigenvalue weighted by molar-refractivity contribution is 5.02. The van der Waals surface area contributed by atoms with E-state index in [-0.39, 0.29) is 5.41 Å². The molecule has 2 saturated carbocycles. The number of hydrogen-bond donors (Lipinski definition) is 0. The van der Waals surface area contributed by atoms with Gasteiger partial charge in [0.2, 0.25) is 0 Å². The average molecular weight is 316 g/mol. The van der Waals surface area contributed by atoms with Crippen molar-refractivity contribution in [2.24, 2.45) is 23.2 Å². The summed E-state index contributed by atoms with van der Waals surface area (Å²) in [5.41, 5.74) is 0.0188. The normalized spacial score (nSPS) is 34.7. The minimum Gasteiger partial charge on any atom is -0.198 e. The van der Waals surface area contributed by atoms with Crippen LogP contribution in [0.3, 0.4) is 0 Å². The fourth-order valence-electron chi connectivity index (χ4n) is 4.99. The van der Waals surface area contributed by atoms with Gasteiger partial charge in [-0.25, -0.2) is 0 Å². The number of hydrogen-bond acceptors (Lipinski definition) is 1. The highest BCUT2D eigenvalue weighted by Gasteiger charge is 2.35. The average Bonchev–Trinajstić information content (AvgIpc) is 2.61. The molecule has 0 aromatic rings. The Kier molecular flexibility index (Phi) is 7.68. The molecule has 2 aliphatic carbocycles. The maximum Gasteiger partial charge on any atom is 0.0689 e. The number of rotatable bonds is 8. The quantitative estimate of drug-likeness (QED) is 0.441. The summed E-state index contributed by atoms with van der Waals surface area (Å²) >= 11 is 0. The zero-order valence-electron chi connectivity index (χ0n) is 15.4. The van der Waals surface area contributed by atoms with Crippen LogP contribution in [0.4, 0.5) is 0 Å². The predicted octanol–water partition coefficient (Wildman–Crippen LogP) is 7.04.